The predicted molar refractivity (Wildman–Crippen MR) is 100 cm³/mol. The maximum atomic E-state index is 12.6. The van der Waals surface area contributed by atoms with Crippen molar-refractivity contribution in [3.8, 4) is 5.75 Å². The van der Waals surface area contributed by atoms with Crippen molar-refractivity contribution < 1.29 is 24.2 Å². The van der Waals surface area contributed by atoms with Crippen molar-refractivity contribution in [3.63, 3.8) is 0 Å². The molecular weight excluding hydrogens is 348 g/mol. The van der Waals surface area contributed by atoms with Gasteiger partial charge in [0.05, 0.1) is 11.3 Å². The molecule has 1 unspecified atom stereocenters. The average Bonchev–Trinajstić information content (AvgIpc) is 2.65. The Bertz CT molecular complexity index is 909. The lowest BCUT2D eigenvalue weighted by Gasteiger charge is -2.32. The number of aryl methyl sites for hydroxylation is 1. The summed E-state index contributed by atoms with van der Waals surface area (Å²) in [5.41, 5.74) is 1.97. The second-order valence-corrected chi connectivity index (χ2v) is 6.23. The number of fused-ring (bicyclic) bond motifs is 1. The first-order valence-corrected chi connectivity index (χ1v) is 8.63. The minimum atomic E-state index is -1.12. The van der Waals surface area contributed by atoms with Gasteiger partial charge in [-0.3, -0.25) is 14.5 Å². The second-order valence-electron chi connectivity index (χ2n) is 6.23. The molecular formula is C20H20N2O5. The zero-order valence-corrected chi connectivity index (χ0v) is 15.1. The van der Waals surface area contributed by atoms with Gasteiger partial charge in [-0.25, -0.2) is 4.79 Å². The van der Waals surface area contributed by atoms with E-state index in [4.69, 9.17) is 4.74 Å². The van der Waals surface area contributed by atoms with E-state index in [2.05, 4.69) is 5.32 Å². The van der Waals surface area contributed by atoms with Crippen molar-refractivity contribution in [2.45, 2.75) is 26.4 Å². The van der Waals surface area contributed by atoms with Gasteiger partial charge in [-0.05, 0) is 43.2 Å². The number of hydrogen-bond donors (Lipinski definition) is 2. The summed E-state index contributed by atoms with van der Waals surface area (Å²) in [6.07, 6.45) is -0.00156. The van der Waals surface area contributed by atoms with Gasteiger partial charge in [0.25, 0.3) is 5.91 Å². The molecule has 7 nitrogen and oxygen atoms in total. The molecule has 27 heavy (non-hydrogen) atoms. The van der Waals surface area contributed by atoms with Crippen molar-refractivity contribution >= 4 is 29.2 Å². The van der Waals surface area contributed by atoms with Gasteiger partial charge in [0, 0.05) is 5.69 Å². The number of hydrogen-bond acceptors (Lipinski definition) is 4. The Hall–Kier alpha value is -3.35. The number of rotatable bonds is 5. The zero-order valence-electron chi connectivity index (χ0n) is 15.1. The Morgan fingerprint density at radius 3 is 2.67 bits per heavy atom. The van der Waals surface area contributed by atoms with Gasteiger partial charge in [-0.15, -0.1) is 0 Å². The number of amides is 2. The Labute approximate surface area is 156 Å². The highest BCUT2D eigenvalue weighted by Gasteiger charge is 2.33. The molecule has 0 saturated carbocycles. The summed E-state index contributed by atoms with van der Waals surface area (Å²) in [6, 6.07) is 11.7. The van der Waals surface area contributed by atoms with Crippen LogP contribution in [0.4, 0.5) is 11.4 Å². The van der Waals surface area contributed by atoms with Gasteiger partial charge in [-0.2, -0.15) is 0 Å². The number of nitrogens with zero attached hydrogens (tertiary/aromatic N) is 1. The smallest absolute Gasteiger partial charge is 0.335 e. The van der Waals surface area contributed by atoms with E-state index in [-0.39, 0.29) is 23.7 Å². The molecule has 2 aromatic carbocycles. The number of benzene rings is 2. The lowest BCUT2D eigenvalue weighted by molar-refractivity contribution is -0.127. The van der Waals surface area contributed by atoms with Gasteiger partial charge in [0.2, 0.25) is 5.91 Å². The van der Waals surface area contributed by atoms with Crippen LogP contribution >= 0.6 is 0 Å². The molecule has 0 saturated heterocycles. The molecule has 0 spiro atoms. The van der Waals surface area contributed by atoms with E-state index in [0.717, 1.165) is 12.0 Å². The number of carbonyl (C=O) groups excluding carboxylic acids is 2. The molecule has 140 valence electrons. The molecule has 2 N–H and O–H groups in total. The highest BCUT2D eigenvalue weighted by Crippen LogP contribution is 2.35. The molecule has 0 radical (unpaired) electrons. The van der Waals surface area contributed by atoms with Crippen LogP contribution in [0.2, 0.25) is 0 Å². The van der Waals surface area contributed by atoms with Gasteiger partial charge in [0.15, 0.2) is 6.10 Å². The fourth-order valence-electron chi connectivity index (χ4n) is 2.99. The Balaban J connectivity index is 1.87. The summed E-state index contributed by atoms with van der Waals surface area (Å²) >= 11 is 0. The molecule has 2 aromatic rings. The molecule has 1 atom stereocenters. The first-order valence-electron chi connectivity index (χ1n) is 8.63. The summed E-state index contributed by atoms with van der Waals surface area (Å²) in [5.74, 6) is -1.52. The molecule has 0 fully saturated rings. The van der Waals surface area contributed by atoms with Crippen LogP contribution < -0.4 is 15.0 Å². The van der Waals surface area contributed by atoms with Crippen LogP contribution in [0.5, 0.6) is 5.75 Å². The third kappa shape index (κ3) is 3.76. The normalized spacial score (nSPS) is 15.7. The lowest BCUT2D eigenvalue weighted by Crippen LogP contribution is -2.47. The van der Waals surface area contributed by atoms with Crippen molar-refractivity contribution in [2.75, 3.05) is 16.8 Å². The van der Waals surface area contributed by atoms with E-state index in [1.54, 1.807) is 13.0 Å². The SMILES string of the molecule is CCc1ccccc1NC(=O)CN1C(=O)C(C)Oc2ccc(C(=O)O)cc21. The van der Waals surface area contributed by atoms with Gasteiger partial charge in [-0.1, -0.05) is 25.1 Å². The van der Waals surface area contributed by atoms with Crippen LogP contribution in [0.15, 0.2) is 42.5 Å². The monoisotopic (exact) mass is 368 g/mol. The Morgan fingerprint density at radius 2 is 1.96 bits per heavy atom. The van der Waals surface area contributed by atoms with Gasteiger partial charge in [0.1, 0.15) is 12.3 Å². The van der Waals surface area contributed by atoms with E-state index in [0.29, 0.717) is 11.4 Å². The summed E-state index contributed by atoms with van der Waals surface area (Å²) in [7, 11) is 0. The number of carboxylic acids is 1. The number of para-hydroxylation sites is 1. The molecule has 2 amide bonds. The van der Waals surface area contributed by atoms with E-state index < -0.39 is 18.0 Å². The number of ether oxygens (including phenoxy) is 1. The quantitative estimate of drug-likeness (QED) is 0.846. The molecule has 1 aliphatic heterocycles. The Kier molecular flexibility index (Phi) is 5.12. The fourth-order valence-corrected chi connectivity index (χ4v) is 2.99. The minimum absolute atomic E-state index is 0.0152. The van der Waals surface area contributed by atoms with E-state index in [1.165, 1.54) is 23.1 Å². The first-order chi connectivity index (χ1) is 12.9. The highest BCUT2D eigenvalue weighted by atomic mass is 16.5. The lowest BCUT2D eigenvalue weighted by atomic mass is 10.1. The number of carbonyl (C=O) groups is 3. The van der Waals surface area contributed by atoms with Crippen LogP contribution in [-0.4, -0.2) is 35.5 Å². The van der Waals surface area contributed by atoms with Crippen molar-refractivity contribution in [1.29, 1.82) is 0 Å². The van der Waals surface area contributed by atoms with E-state index >= 15 is 0 Å². The van der Waals surface area contributed by atoms with Crippen LogP contribution in [0, 0.1) is 0 Å². The number of nitrogens with one attached hydrogen (secondary N) is 1. The molecule has 0 bridgehead atoms. The second kappa shape index (κ2) is 7.49. The molecule has 1 heterocycles. The molecule has 1 aliphatic rings. The van der Waals surface area contributed by atoms with Crippen molar-refractivity contribution in [3.05, 3.63) is 53.6 Å². The number of aromatic carboxylic acids is 1. The van der Waals surface area contributed by atoms with Crippen molar-refractivity contribution in [2.24, 2.45) is 0 Å². The van der Waals surface area contributed by atoms with Crippen LogP contribution in [0.25, 0.3) is 0 Å². The van der Waals surface area contributed by atoms with E-state index in [1.807, 2.05) is 25.1 Å². The largest absolute Gasteiger partial charge is 0.479 e. The number of carboxylic acid groups (broad SMARTS) is 1. The van der Waals surface area contributed by atoms with Gasteiger partial charge >= 0.3 is 5.97 Å². The number of anilines is 2. The van der Waals surface area contributed by atoms with Gasteiger partial charge < -0.3 is 15.2 Å². The fraction of sp³-hybridized carbons (Fsp3) is 0.250. The third-order valence-electron chi connectivity index (χ3n) is 4.39. The molecule has 3 rings (SSSR count). The van der Waals surface area contributed by atoms with Crippen molar-refractivity contribution in [1.82, 2.24) is 0 Å². The maximum Gasteiger partial charge on any atom is 0.335 e. The first kappa shape index (κ1) is 18.4. The summed E-state index contributed by atoms with van der Waals surface area (Å²) < 4.78 is 5.53. The summed E-state index contributed by atoms with van der Waals surface area (Å²) in [6.45, 7) is 3.34. The average molecular weight is 368 g/mol. The van der Waals surface area contributed by atoms with Crippen LogP contribution in [-0.2, 0) is 16.0 Å². The minimum Gasteiger partial charge on any atom is -0.479 e. The molecule has 0 aromatic heterocycles. The predicted octanol–water partition coefficient (Wildman–Crippen LogP) is 2.70. The third-order valence-corrected chi connectivity index (χ3v) is 4.39. The molecule has 0 aliphatic carbocycles. The summed E-state index contributed by atoms with van der Waals surface area (Å²) in [4.78, 5) is 37.6. The van der Waals surface area contributed by atoms with Crippen LogP contribution in [0.3, 0.4) is 0 Å². The topological polar surface area (TPSA) is 95.9 Å². The highest BCUT2D eigenvalue weighted by molar-refractivity contribution is 6.07. The maximum absolute atomic E-state index is 12.6. The van der Waals surface area contributed by atoms with Crippen LogP contribution in [0.1, 0.15) is 29.8 Å². The zero-order chi connectivity index (χ0) is 19.6. The standard InChI is InChI=1S/C20H20N2O5/c1-3-13-6-4-5-7-15(13)21-18(23)11-22-16-10-14(20(25)26)8-9-17(16)27-12(2)19(22)24/h4-10,12H,3,11H2,1-2H3,(H,21,23)(H,25,26). The molecule has 7 heteroatoms. The van der Waals surface area contributed by atoms with E-state index in [9.17, 15) is 19.5 Å². The Morgan fingerprint density at radius 1 is 1.22 bits per heavy atom. The summed E-state index contributed by atoms with van der Waals surface area (Å²) in [5, 5.41) is 12.0.